The van der Waals surface area contributed by atoms with Gasteiger partial charge >= 0.3 is 0 Å². The van der Waals surface area contributed by atoms with Crippen molar-refractivity contribution in [3.63, 3.8) is 0 Å². The first-order valence-electron chi connectivity index (χ1n) is 6.80. The number of hydrogen-bond donors (Lipinski definition) is 0. The molecule has 0 N–H and O–H groups in total. The molecule has 102 valence electrons. The zero-order valence-corrected chi connectivity index (χ0v) is 13.2. The van der Waals surface area contributed by atoms with Gasteiger partial charge in [-0.2, -0.15) is 5.10 Å². The van der Waals surface area contributed by atoms with E-state index >= 15 is 0 Å². The molecule has 4 nitrogen and oxygen atoms in total. The molecule has 2 heterocycles. The molecule has 0 atom stereocenters. The largest absolute Gasteiger partial charge is 0.301 e. The van der Waals surface area contributed by atoms with Crippen LogP contribution in [0.2, 0.25) is 0 Å². The van der Waals surface area contributed by atoms with Crippen LogP contribution in [-0.4, -0.2) is 52.3 Å². The Morgan fingerprint density at radius 3 is 2.22 bits per heavy atom. The number of nitrogens with zero attached hydrogens (tertiary/aromatic N) is 4. The van der Waals surface area contributed by atoms with E-state index in [0.717, 1.165) is 26.1 Å². The van der Waals surface area contributed by atoms with Crippen LogP contribution in [0.25, 0.3) is 0 Å². The van der Waals surface area contributed by atoms with E-state index in [9.17, 15) is 0 Å². The standard InChI is InChI=1S/C13H23BrN4/c1-4-11-13(14)12(16(3)15-11)10-18-8-6-17(5-2)7-9-18/h4-10H2,1-3H3. The molecule has 1 aliphatic heterocycles. The van der Waals surface area contributed by atoms with Gasteiger partial charge in [0.25, 0.3) is 0 Å². The Kier molecular flexibility index (Phi) is 4.81. The summed E-state index contributed by atoms with van der Waals surface area (Å²) in [5.74, 6) is 0. The van der Waals surface area contributed by atoms with E-state index in [1.807, 2.05) is 11.7 Å². The highest BCUT2D eigenvalue weighted by Gasteiger charge is 2.19. The number of aromatic nitrogens is 2. The van der Waals surface area contributed by atoms with E-state index in [1.54, 1.807) is 0 Å². The molecule has 0 spiro atoms. The first kappa shape index (κ1) is 14.0. The van der Waals surface area contributed by atoms with Crippen molar-refractivity contribution in [1.29, 1.82) is 0 Å². The SMILES string of the molecule is CCc1nn(C)c(CN2CCN(CC)CC2)c1Br. The summed E-state index contributed by atoms with van der Waals surface area (Å²) in [6, 6.07) is 0. The smallest absolute Gasteiger partial charge is 0.0767 e. The fourth-order valence-corrected chi connectivity index (χ4v) is 3.21. The Morgan fingerprint density at radius 1 is 1.11 bits per heavy atom. The normalized spacial score (nSPS) is 18.4. The fourth-order valence-electron chi connectivity index (χ4n) is 2.47. The lowest BCUT2D eigenvalue weighted by atomic mass is 10.2. The summed E-state index contributed by atoms with van der Waals surface area (Å²) in [6.45, 7) is 11.3. The van der Waals surface area contributed by atoms with E-state index in [-0.39, 0.29) is 0 Å². The van der Waals surface area contributed by atoms with Crippen LogP contribution in [0.1, 0.15) is 25.2 Å². The third kappa shape index (κ3) is 2.95. The number of aryl methyl sites for hydroxylation is 2. The monoisotopic (exact) mass is 314 g/mol. The molecule has 0 aromatic carbocycles. The topological polar surface area (TPSA) is 24.3 Å². The molecule has 0 radical (unpaired) electrons. The maximum atomic E-state index is 4.56. The van der Waals surface area contributed by atoms with Crippen molar-refractivity contribution in [2.24, 2.45) is 7.05 Å². The first-order valence-corrected chi connectivity index (χ1v) is 7.60. The van der Waals surface area contributed by atoms with Gasteiger partial charge in [-0.25, -0.2) is 0 Å². The molecule has 0 bridgehead atoms. The van der Waals surface area contributed by atoms with Crippen molar-refractivity contribution >= 4 is 15.9 Å². The summed E-state index contributed by atoms with van der Waals surface area (Å²) < 4.78 is 3.22. The van der Waals surface area contributed by atoms with E-state index in [4.69, 9.17) is 0 Å². The highest BCUT2D eigenvalue weighted by atomic mass is 79.9. The summed E-state index contributed by atoms with van der Waals surface area (Å²) in [7, 11) is 2.04. The summed E-state index contributed by atoms with van der Waals surface area (Å²) in [5.41, 5.74) is 2.47. The average molecular weight is 315 g/mol. The Hall–Kier alpha value is -0.390. The zero-order valence-electron chi connectivity index (χ0n) is 11.6. The second-order valence-corrected chi connectivity index (χ2v) is 5.69. The van der Waals surface area contributed by atoms with Gasteiger partial charge in [0.15, 0.2) is 0 Å². The number of hydrogen-bond acceptors (Lipinski definition) is 3. The average Bonchev–Trinajstić information content (AvgIpc) is 2.67. The molecule has 0 unspecified atom stereocenters. The van der Waals surface area contributed by atoms with Crippen molar-refractivity contribution in [3.8, 4) is 0 Å². The van der Waals surface area contributed by atoms with Crippen LogP contribution < -0.4 is 0 Å². The van der Waals surface area contributed by atoms with Crippen LogP contribution in [-0.2, 0) is 20.0 Å². The van der Waals surface area contributed by atoms with E-state index < -0.39 is 0 Å². The number of piperazine rings is 1. The molecule has 0 amide bonds. The maximum absolute atomic E-state index is 4.56. The third-order valence-electron chi connectivity index (χ3n) is 3.79. The van der Waals surface area contributed by atoms with Gasteiger partial charge in [-0.05, 0) is 28.9 Å². The predicted octanol–water partition coefficient (Wildman–Crippen LogP) is 1.88. The Bertz CT molecular complexity index is 394. The molecule has 0 aliphatic carbocycles. The van der Waals surface area contributed by atoms with Gasteiger partial charge in [0, 0.05) is 39.8 Å². The molecular weight excluding hydrogens is 292 g/mol. The minimum Gasteiger partial charge on any atom is -0.301 e. The predicted molar refractivity (Wildman–Crippen MR) is 77.7 cm³/mol. The Balaban J connectivity index is 2.00. The van der Waals surface area contributed by atoms with Crippen LogP contribution >= 0.6 is 15.9 Å². The van der Waals surface area contributed by atoms with E-state index in [1.165, 1.54) is 35.5 Å². The van der Waals surface area contributed by atoms with Gasteiger partial charge in [0.05, 0.1) is 15.9 Å². The molecular formula is C13H23BrN4. The van der Waals surface area contributed by atoms with Crippen molar-refractivity contribution in [1.82, 2.24) is 19.6 Å². The van der Waals surface area contributed by atoms with Crippen LogP contribution in [0.4, 0.5) is 0 Å². The van der Waals surface area contributed by atoms with Crippen molar-refractivity contribution < 1.29 is 0 Å². The van der Waals surface area contributed by atoms with Crippen LogP contribution in [0.15, 0.2) is 4.47 Å². The maximum Gasteiger partial charge on any atom is 0.0767 e. The lowest BCUT2D eigenvalue weighted by Gasteiger charge is -2.33. The van der Waals surface area contributed by atoms with Gasteiger partial charge in [-0.3, -0.25) is 9.58 Å². The first-order chi connectivity index (χ1) is 8.65. The fraction of sp³-hybridized carbons (Fsp3) is 0.769. The quantitative estimate of drug-likeness (QED) is 0.848. The third-order valence-corrected chi connectivity index (χ3v) is 4.70. The zero-order chi connectivity index (χ0) is 13.1. The summed E-state index contributed by atoms with van der Waals surface area (Å²) in [4.78, 5) is 5.03. The van der Waals surface area contributed by atoms with Gasteiger partial charge < -0.3 is 4.90 Å². The van der Waals surface area contributed by atoms with Crippen LogP contribution in [0, 0.1) is 0 Å². The summed E-state index contributed by atoms with van der Waals surface area (Å²) in [5, 5.41) is 4.56. The molecule has 0 saturated carbocycles. The van der Waals surface area contributed by atoms with E-state index in [2.05, 4.69) is 44.7 Å². The van der Waals surface area contributed by atoms with Crippen LogP contribution in [0.5, 0.6) is 0 Å². The van der Waals surface area contributed by atoms with Crippen molar-refractivity contribution in [3.05, 3.63) is 15.9 Å². The van der Waals surface area contributed by atoms with Gasteiger partial charge in [-0.15, -0.1) is 0 Å². The van der Waals surface area contributed by atoms with Crippen molar-refractivity contribution in [2.75, 3.05) is 32.7 Å². The molecule has 1 aliphatic rings. The van der Waals surface area contributed by atoms with Gasteiger partial charge in [0.1, 0.15) is 0 Å². The minimum atomic E-state index is 0.984. The van der Waals surface area contributed by atoms with Gasteiger partial charge in [-0.1, -0.05) is 13.8 Å². The van der Waals surface area contributed by atoms with Crippen LogP contribution in [0.3, 0.4) is 0 Å². The molecule has 5 heteroatoms. The number of halogens is 1. The lowest BCUT2D eigenvalue weighted by molar-refractivity contribution is 0.129. The molecule has 1 fully saturated rings. The molecule has 1 saturated heterocycles. The molecule has 1 aromatic heterocycles. The molecule has 18 heavy (non-hydrogen) atoms. The molecule has 2 rings (SSSR count). The second-order valence-electron chi connectivity index (χ2n) is 4.89. The number of likely N-dealkylation sites (N-methyl/N-ethyl adjacent to an activating group) is 1. The molecule has 1 aromatic rings. The highest BCUT2D eigenvalue weighted by molar-refractivity contribution is 9.10. The Morgan fingerprint density at radius 2 is 1.72 bits per heavy atom. The summed E-state index contributed by atoms with van der Waals surface area (Å²) >= 11 is 3.69. The lowest BCUT2D eigenvalue weighted by Crippen LogP contribution is -2.45. The van der Waals surface area contributed by atoms with Gasteiger partial charge in [0.2, 0.25) is 0 Å². The highest BCUT2D eigenvalue weighted by Crippen LogP contribution is 2.23. The Labute approximate surface area is 118 Å². The second kappa shape index (κ2) is 6.17. The minimum absolute atomic E-state index is 0.984. The van der Waals surface area contributed by atoms with Crippen molar-refractivity contribution in [2.45, 2.75) is 26.8 Å². The summed E-state index contributed by atoms with van der Waals surface area (Å²) in [6.07, 6.45) is 0.984. The number of rotatable bonds is 4. The van der Waals surface area contributed by atoms with E-state index in [0.29, 0.717) is 0 Å².